The van der Waals surface area contributed by atoms with Crippen LogP contribution in [0.25, 0.3) is 0 Å². The number of pyridine rings is 1. The van der Waals surface area contributed by atoms with Gasteiger partial charge >= 0.3 is 0 Å². The van der Waals surface area contributed by atoms with Crippen LogP contribution in [0.5, 0.6) is 0 Å². The van der Waals surface area contributed by atoms with Crippen molar-refractivity contribution in [3.8, 4) is 0 Å². The van der Waals surface area contributed by atoms with Crippen molar-refractivity contribution >= 4 is 29.1 Å². The van der Waals surface area contributed by atoms with Gasteiger partial charge in [0.1, 0.15) is 10.3 Å². The Hall–Kier alpha value is -1.10. The van der Waals surface area contributed by atoms with Gasteiger partial charge in [0.25, 0.3) is 5.91 Å². The Kier molecular flexibility index (Phi) is 4.69. The summed E-state index contributed by atoms with van der Waals surface area (Å²) in [6.07, 6.45) is 9.91. The Morgan fingerprint density at radius 2 is 2.04 bits per heavy atom. The molecule has 0 N–H and O–H groups in total. The minimum Gasteiger partial charge on any atom is -0.332 e. The summed E-state index contributed by atoms with van der Waals surface area (Å²) in [7, 11) is 0. The highest BCUT2D eigenvalue weighted by atomic mass is 35.5. The molecule has 4 atom stereocenters. The molecule has 6 heteroatoms. The van der Waals surface area contributed by atoms with Crippen molar-refractivity contribution in [2.75, 3.05) is 19.6 Å². The summed E-state index contributed by atoms with van der Waals surface area (Å²) in [4.78, 5) is 22.2. The molecule has 0 saturated carbocycles. The predicted octanol–water partition coefficient (Wildman–Crippen LogP) is 4.42. The standard InChI is InChI=1S/C21H25Cl2N3O/c22-18-7-6-16(20(23)24-18)21(27)26-9-3-4-13-10-14-11-15(19(13)26)12-25-8-2-1-5-17(14)25/h6-7,10,14-15,17,19H,1-5,8-9,11-12H2/t14-,15-,17+,19+/m0/s1. The van der Waals surface area contributed by atoms with Crippen LogP contribution in [0.2, 0.25) is 10.3 Å². The van der Waals surface area contributed by atoms with Gasteiger partial charge in [-0.2, -0.15) is 0 Å². The Morgan fingerprint density at radius 1 is 1.15 bits per heavy atom. The first-order valence-corrected chi connectivity index (χ1v) is 10.9. The summed E-state index contributed by atoms with van der Waals surface area (Å²) in [6.45, 7) is 3.14. The number of rotatable bonds is 1. The summed E-state index contributed by atoms with van der Waals surface area (Å²) in [6, 6.07) is 4.31. The van der Waals surface area contributed by atoms with Crippen molar-refractivity contribution in [1.82, 2.24) is 14.8 Å². The van der Waals surface area contributed by atoms with Gasteiger partial charge in [0.2, 0.25) is 0 Å². The smallest absolute Gasteiger partial charge is 0.257 e. The van der Waals surface area contributed by atoms with Gasteiger partial charge in [-0.05, 0) is 62.6 Å². The first-order chi connectivity index (χ1) is 13.1. The molecule has 1 aromatic rings. The number of carbonyl (C=O) groups is 1. The van der Waals surface area contributed by atoms with E-state index in [1.54, 1.807) is 12.1 Å². The third-order valence-electron chi connectivity index (χ3n) is 6.96. The maximum Gasteiger partial charge on any atom is 0.257 e. The molecule has 4 nitrogen and oxygen atoms in total. The van der Waals surface area contributed by atoms with Crippen LogP contribution in [-0.2, 0) is 0 Å². The summed E-state index contributed by atoms with van der Waals surface area (Å²) in [5.74, 6) is 1.21. The minimum absolute atomic E-state index is 0.000940. The molecule has 3 fully saturated rings. The van der Waals surface area contributed by atoms with Crippen LogP contribution in [-0.4, -0.2) is 52.4 Å². The molecule has 2 bridgehead atoms. The molecule has 0 spiro atoms. The van der Waals surface area contributed by atoms with E-state index < -0.39 is 0 Å². The van der Waals surface area contributed by atoms with Crippen molar-refractivity contribution in [3.63, 3.8) is 0 Å². The second-order valence-electron chi connectivity index (χ2n) is 8.48. The maximum absolute atomic E-state index is 13.3. The number of hydrogen-bond donors (Lipinski definition) is 0. The van der Waals surface area contributed by atoms with Crippen LogP contribution in [0.15, 0.2) is 23.8 Å². The Bertz CT molecular complexity index is 796. The first-order valence-electron chi connectivity index (χ1n) is 10.2. The molecular formula is C21H25Cl2N3O. The number of nitrogens with zero attached hydrogens (tertiary/aromatic N) is 3. The Morgan fingerprint density at radius 3 is 2.89 bits per heavy atom. The molecule has 4 aliphatic rings. The number of likely N-dealkylation sites (tertiary alicyclic amines) is 1. The highest BCUT2D eigenvalue weighted by molar-refractivity contribution is 6.34. The number of aromatic nitrogens is 1. The molecular weight excluding hydrogens is 381 g/mol. The van der Waals surface area contributed by atoms with Gasteiger partial charge in [-0.3, -0.25) is 9.69 Å². The lowest BCUT2D eigenvalue weighted by molar-refractivity contribution is 0.00147. The van der Waals surface area contributed by atoms with Crippen LogP contribution < -0.4 is 0 Å². The topological polar surface area (TPSA) is 36.4 Å². The fraction of sp³-hybridized carbons (Fsp3) is 0.619. The van der Waals surface area contributed by atoms with E-state index in [-0.39, 0.29) is 17.1 Å². The minimum atomic E-state index is -0.000940. The highest BCUT2D eigenvalue weighted by Gasteiger charge is 2.47. The molecule has 1 aliphatic carbocycles. The lowest BCUT2D eigenvalue weighted by Gasteiger charge is -2.54. The van der Waals surface area contributed by atoms with E-state index in [9.17, 15) is 4.79 Å². The average Bonchev–Trinajstić information content (AvgIpc) is 2.67. The van der Waals surface area contributed by atoms with Crippen molar-refractivity contribution in [2.45, 2.75) is 50.6 Å². The molecule has 1 aromatic heterocycles. The zero-order valence-electron chi connectivity index (χ0n) is 15.4. The summed E-state index contributed by atoms with van der Waals surface area (Å²) < 4.78 is 0. The maximum atomic E-state index is 13.3. The van der Waals surface area contributed by atoms with Gasteiger partial charge in [-0.15, -0.1) is 0 Å². The van der Waals surface area contributed by atoms with Gasteiger partial charge in [-0.1, -0.05) is 41.3 Å². The first kappa shape index (κ1) is 18.0. The molecule has 3 saturated heterocycles. The molecule has 0 radical (unpaired) electrons. The van der Waals surface area contributed by atoms with E-state index in [1.165, 1.54) is 37.8 Å². The van der Waals surface area contributed by atoms with Gasteiger partial charge in [-0.25, -0.2) is 4.98 Å². The molecule has 0 aromatic carbocycles. The van der Waals surface area contributed by atoms with Crippen molar-refractivity contribution in [2.24, 2.45) is 11.8 Å². The van der Waals surface area contributed by atoms with Crippen molar-refractivity contribution in [3.05, 3.63) is 39.7 Å². The highest BCUT2D eigenvalue weighted by Crippen LogP contribution is 2.45. The van der Waals surface area contributed by atoms with E-state index in [1.807, 2.05) is 0 Å². The second kappa shape index (κ2) is 7.06. The number of carbonyl (C=O) groups excluding carboxylic acids is 1. The van der Waals surface area contributed by atoms with Gasteiger partial charge in [0, 0.05) is 19.1 Å². The number of piperidine rings is 3. The lowest BCUT2D eigenvalue weighted by Crippen LogP contribution is -2.60. The van der Waals surface area contributed by atoms with E-state index in [0.29, 0.717) is 22.6 Å². The lowest BCUT2D eigenvalue weighted by atomic mass is 9.68. The fourth-order valence-electron chi connectivity index (χ4n) is 5.93. The van der Waals surface area contributed by atoms with Crippen LogP contribution in [0.3, 0.4) is 0 Å². The van der Waals surface area contributed by atoms with Crippen molar-refractivity contribution in [1.29, 1.82) is 0 Å². The van der Waals surface area contributed by atoms with Crippen LogP contribution in [0, 0.1) is 11.8 Å². The van der Waals surface area contributed by atoms with E-state index in [2.05, 4.69) is 20.9 Å². The molecule has 5 rings (SSSR count). The quantitative estimate of drug-likeness (QED) is 0.512. The molecule has 0 unspecified atom stereocenters. The Labute approximate surface area is 170 Å². The Balaban J connectivity index is 1.47. The summed E-state index contributed by atoms with van der Waals surface area (Å²) in [5.41, 5.74) is 1.95. The number of halogens is 2. The van der Waals surface area contributed by atoms with E-state index >= 15 is 0 Å². The molecule has 1 amide bonds. The molecule has 3 aliphatic heterocycles. The van der Waals surface area contributed by atoms with Gasteiger partial charge in [0.05, 0.1) is 11.6 Å². The number of fused-ring (bicyclic) bond motifs is 6. The molecule has 4 heterocycles. The summed E-state index contributed by atoms with van der Waals surface area (Å²) >= 11 is 12.2. The third kappa shape index (κ3) is 3.10. The zero-order valence-corrected chi connectivity index (χ0v) is 16.9. The van der Waals surface area contributed by atoms with Crippen LogP contribution in [0.1, 0.15) is 48.9 Å². The summed E-state index contributed by atoms with van der Waals surface area (Å²) in [5, 5.41) is 0.525. The fourth-order valence-corrected chi connectivity index (χ4v) is 6.35. The van der Waals surface area contributed by atoms with Crippen LogP contribution in [0.4, 0.5) is 0 Å². The predicted molar refractivity (Wildman–Crippen MR) is 107 cm³/mol. The monoisotopic (exact) mass is 405 g/mol. The van der Waals surface area contributed by atoms with Crippen molar-refractivity contribution < 1.29 is 4.79 Å². The molecule has 144 valence electrons. The largest absolute Gasteiger partial charge is 0.332 e. The third-order valence-corrected chi connectivity index (χ3v) is 7.46. The normalized spacial score (nSPS) is 33.1. The molecule has 27 heavy (non-hydrogen) atoms. The second-order valence-corrected chi connectivity index (χ2v) is 9.22. The van der Waals surface area contributed by atoms with Crippen LogP contribution >= 0.6 is 23.2 Å². The number of hydrogen-bond acceptors (Lipinski definition) is 3. The van der Waals surface area contributed by atoms with E-state index in [0.717, 1.165) is 32.0 Å². The average molecular weight is 406 g/mol. The zero-order chi connectivity index (χ0) is 18.5. The van der Waals surface area contributed by atoms with Gasteiger partial charge < -0.3 is 4.90 Å². The van der Waals surface area contributed by atoms with Gasteiger partial charge in [0.15, 0.2) is 0 Å². The van der Waals surface area contributed by atoms with E-state index in [4.69, 9.17) is 23.2 Å². The number of amides is 1. The SMILES string of the molecule is O=C(c1ccc(Cl)nc1Cl)N1CCCC2=C[C@H]3C[C@@H](CN4CCCC[C@H]34)[C@@H]21.